The van der Waals surface area contributed by atoms with Crippen molar-refractivity contribution < 1.29 is 8.42 Å². The SMILES string of the molecule is CCn1c(-c2csc(Br)c2)nnc1S(N)(=O)=O. The highest BCUT2D eigenvalue weighted by Crippen LogP contribution is 2.28. The van der Waals surface area contributed by atoms with Crippen LogP contribution in [0.1, 0.15) is 6.92 Å². The Kier molecular flexibility index (Phi) is 3.34. The van der Waals surface area contributed by atoms with Crippen LogP contribution in [-0.4, -0.2) is 23.2 Å². The maximum atomic E-state index is 11.3. The number of halogens is 1. The molecule has 2 aromatic heterocycles. The van der Waals surface area contributed by atoms with Crippen molar-refractivity contribution in [2.75, 3.05) is 0 Å². The Morgan fingerprint density at radius 3 is 2.71 bits per heavy atom. The number of nitrogens with zero attached hydrogens (tertiary/aromatic N) is 3. The van der Waals surface area contributed by atoms with Gasteiger partial charge in [-0.25, -0.2) is 13.6 Å². The number of sulfonamides is 1. The molecule has 6 nitrogen and oxygen atoms in total. The third-order valence-corrected chi connectivity index (χ3v) is 4.43. The van der Waals surface area contributed by atoms with Crippen molar-refractivity contribution in [3.05, 3.63) is 15.2 Å². The van der Waals surface area contributed by atoms with E-state index in [0.29, 0.717) is 12.4 Å². The molecule has 17 heavy (non-hydrogen) atoms. The molecular formula is C8H9BrN4O2S2. The highest BCUT2D eigenvalue weighted by Gasteiger charge is 2.21. The molecule has 2 aromatic rings. The van der Waals surface area contributed by atoms with Crippen LogP contribution in [0.4, 0.5) is 0 Å². The minimum absolute atomic E-state index is 0.211. The number of hydrogen-bond acceptors (Lipinski definition) is 5. The van der Waals surface area contributed by atoms with Crippen LogP contribution < -0.4 is 5.14 Å². The van der Waals surface area contributed by atoms with E-state index in [9.17, 15) is 8.42 Å². The Labute approximate surface area is 111 Å². The third kappa shape index (κ3) is 2.41. The second-order valence-electron chi connectivity index (χ2n) is 3.23. The molecule has 2 rings (SSSR count). The minimum atomic E-state index is -3.84. The molecule has 0 saturated carbocycles. The monoisotopic (exact) mass is 336 g/mol. The van der Waals surface area contributed by atoms with E-state index in [0.717, 1.165) is 9.35 Å². The first-order chi connectivity index (χ1) is 7.93. The summed E-state index contributed by atoms with van der Waals surface area (Å²) in [5, 5.41) is 14.2. The first-order valence-corrected chi connectivity index (χ1v) is 7.85. The van der Waals surface area contributed by atoms with Crippen LogP contribution in [0.25, 0.3) is 11.4 Å². The molecule has 0 amide bonds. The van der Waals surface area contributed by atoms with Crippen molar-refractivity contribution in [2.24, 2.45) is 5.14 Å². The summed E-state index contributed by atoms with van der Waals surface area (Å²) < 4.78 is 25.0. The summed E-state index contributed by atoms with van der Waals surface area (Å²) in [6, 6.07) is 1.85. The maximum Gasteiger partial charge on any atom is 0.273 e. The van der Waals surface area contributed by atoms with E-state index >= 15 is 0 Å². The van der Waals surface area contributed by atoms with Gasteiger partial charge in [0.1, 0.15) is 0 Å². The van der Waals surface area contributed by atoms with Gasteiger partial charge >= 0.3 is 0 Å². The van der Waals surface area contributed by atoms with Gasteiger partial charge in [0.25, 0.3) is 15.2 Å². The molecule has 0 atom stereocenters. The van der Waals surface area contributed by atoms with E-state index in [2.05, 4.69) is 26.1 Å². The standard InChI is InChI=1S/C8H9BrN4O2S2/c1-2-13-7(5-3-6(9)16-4-5)11-12-8(13)17(10,14)15/h3-4H,2H2,1H3,(H2,10,14,15). The lowest BCUT2D eigenvalue weighted by atomic mass is 10.3. The van der Waals surface area contributed by atoms with E-state index in [1.807, 2.05) is 18.4 Å². The molecule has 0 aliphatic carbocycles. The lowest BCUT2D eigenvalue weighted by Gasteiger charge is -2.04. The van der Waals surface area contributed by atoms with Crippen LogP contribution in [0, 0.1) is 0 Å². The predicted molar refractivity (Wildman–Crippen MR) is 68.1 cm³/mol. The number of nitrogens with two attached hydrogens (primary N) is 1. The van der Waals surface area contributed by atoms with Crippen molar-refractivity contribution in [2.45, 2.75) is 18.6 Å². The fourth-order valence-corrected chi connectivity index (χ4v) is 3.24. The number of rotatable bonds is 3. The molecule has 0 unspecified atom stereocenters. The van der Waals surface area contributed by atoms with Crippen molar-refractivity contribution >= 4 is 37.3 Å². The van der Waals surface area contributed by atoms with Crippen LogP contribution in [0.5, 0.6) is 0 Å². The Morgan fingerprint density at radius 2 is 2.24 bits per heavy atom. The van der Waals surface area contributed by atoms with Crippen molar-refractivity contribution in [1.82, 2.24) is 14.8 Å². The molecule has 0 fully saturated rings. The second kappa shape index (κ2) is 4.48. The summed E-state index contributed by atoms with van der Waals surface area (Å²) >= 11 is 4.83. The highest BCUT2D eigenvalue weighted by atomic mass is 79.9. The molecule has 0 saturated heterocycles. The van der Waals surface area contributed by atoms with Crippen molar-refractivity contribution in [3.8, 4) is 11.4 Å². The second-order valence-corrected chi connectivity index (χ2v) is 6.98. The van der Waals surface area contributed by atoms with E-state index < -0.39 is 10.0 Å². The van der Waals surface area contributed by atoms with Crippen LogP contribution in [0.15, 0.2) is 20.4 Å². The zero-order chi connectivity index (χ0) is 12.6. The largest absolute Gasteiger partial charge is 0.297 e. The van der Waals surface area contributed by atoms with Crippen molar-refractivity contribution in [3.63, 3.8) is 0 Å². The highest BCUT2D eigenvalue weighted by molar-refractivity contribution is 9.11. The fourth-order valence-electron chi connectivity index (χ4n) is 1.43. The molecule has 9 heteroatoms. The Balaban J connectivity index is 2.61. The lowest BCUT2D eigenvalue weighted by Crippen LogP contribution is -2.18. The Bertz CT molecular complexity index is 646. The first kappa shape index (κ1) is 12.7. The molecular weight excluding hydrogens is 328 g/mol. The number of aromatic nitrogens is 3. The number of hydrogen-bond donors (Lipinski definition) is 1. The summed E-state index contributed by atoms with van der Waals surface area (Å²) in [5.74, 6) is 0.499. The Hall–Kier alpha value is -0.770. The summed E-state index contributed by atoms with van der Waals surface area (Å²) in [6.07, 6.45) is 0. The van der Waals surface area contributed by atoms with Gasteiger partial charge in [-0.05, 0) is 28.9 Å². The van der Waals surface area contributed by atoms with Gasteiger partial charge in [0.2, 0.25) is 0 Å². The van der Waals surface area contributed by atoms with E-state index in [1.165, 1.54) is 15.9 Å². The average Bonchev–Trinajstić information content (AvgIpc) is 2.81. The predicted octanol–water partition coefficient (Wildman–Crippen LogP) is 1.44. The van der Waals surface area contributed by atoms with E-state index in [4.69, 9.17) is 5.14 Å². The van der Waals surface area contributed by atoms with Gasteiger partial charge in [0.05, 0.1) is 3.79 Å². The maximum absolute atomic E-state index is 11.3. The summed E-state index contributed by atoms with van der Waals surface area (Å²) in [4.78, 5) is 0. The smallest absolute Gasteiger partial charge is 0.273 e. The third-order valence-electron chi connectivity index (χ3n) is 2.11. The lowest BCUT2D eigenvalue weighted by molar-refractivity contribution is 0.571. The van der Waals surface area contributed by atoms with Crippen LogP contribution in [0.2, 0.25) is 0 Å². The zero-order valence-electron chi connectivity index (χ0n) is 8.79. The van der Waals surface area contributed by atoms with Crippen LogP contribution in [0.3, 0.4) is 0 Å². The molecule has 92 valence electrons. The van der Waals surface area contributed by atoms with Gasteiger partial charge < -0.3 is 0 Å². The van der Waals surface area contributed by atoms with Crippen LogP contribution >= 0.6 is 27.3 Å². The summed E-state index contributed by atoms with van der Waals surface area (Å²) in [5.41, 5.74) is 0.811. The first-order valence-electron chi connectivity index (χ1n) is 4.64. The van der Waals surface area contributed by atoms with Gasteiger partial charge in [-0.1, -0.05) is 0 Å². The normalized spacial score (nSPS) is 11.9. The molecule has 0 aliphatic heterocycles. The molecule has 0 bridgehead atoms. The van der Waals surface area contributed by atoms with E-state index in [1.54, 1.807) is 0 Å². The molecule has 0 aromatic carbocycles. The van der Waals surface area contributed by atoms with Gasteiger partial charge in [0, 0.05) is 17.5 Å². The molecule has 2 N–H and O–H groups in total. The van der Waals surface area contributed by atoms with Gasteiger partial charge in [-0.3, -0.25) is 4.57 Å². The average molecular weight is 337 g/mol. The van der Waals surface area contributed by atoms with Gasteiger partial charge in [-0.15, -0.1) is 21.5 Å². The molecule has 0 aliphatic rings. The van der Waals surface area contributed by atoms with E-state index in [-0.39, 0.29) is 5.16 Å². The number of thiophene rings is 1. The molecule has 0 radical (unpaired) electrons. The van der Waals surface area contributed by atoms with Gasteiger partial charge in [-0.2, -0.15) is 0 Å². The van der Waals surface area contributed by atoms with Gasteiger partial charge in [0.15, 0.2) is 5.82 Å². The summed E-state index contributed by atoms with van der Waals surface area (Å²) in [6.45, 7) is 2.24. The molecule has 2 heterocycles. The molecule has 0 spiro atoms. The Morgan fingerprint density at radius 1 is 1.53 bits per heavy atom. The zero-order valence-corrected chi connectivity index (χ0v) is 12.0. The van der Waals surface area contributed by atoms with Crippen molar-refractivity contribution in [1.29, 1.82) is 0 Å². The fraction of sp³-hybridized carbons (Fsp3) is 0.250. The number of primary sulfonamides is 1. The van der Waals surface area contributed by atoms with Crippen LogP contribution in [-0.2, 0) is 16.6 Å². The quantitative estimate of drug-likeness (QED) is 0.917. The minimum Gasteiger partial charge on any atom is -0.297 e. The topological polar surface area (TPSA) is 90.9 Å². The summed E-state index contributed by atoms with van der Waals surface area (Å²) in [7, 11) is -3.84.